The van der Waals surface area contributed by atoms with E-state index >= 15 is 0 Å². The van der Waals surface area contributed by atoms with Gasteiger partial charge in [0, 0.05) is 18.8 Å². The molecule has 1 aromatic rings. The molecule has 0 radical (unpaired) electrons. The molecular weight excluding hydrogens is 242 g/mol. The molecule has 1 unspecified atom stereocenters. The number of anilines is 1. The molecule has 1 fully saturated rings. The van der Waals surface area contributed by atoms with Crippen molar-refractivity contribution in [2.75, 3.05) is 18.1 Å². The molecular formula is C14H23N3S. The summed E-state index contributed by atoms with van der Waals surface area (Å²) in [6.45, 7) is 4.46. The third-order valence-electron chi connectivity index (χ3n) is 3.14. The smallest absolute Gasteiger partial charge is 0.143 e. The zero-order valence-electron chi connectivity index (χ0n) is 11.6. The maximum atomic E-state index is 4.77. The summed E-state index contributed by atoms with van der Waals surface area (Å²) in [5.41, 5.74) is 1.17. The molecule has 0 spiro atoms. The first-order valence-electron chi connectivity index (χ1n) is 6.86. The number of nitrogens with one attached hydrogen (secondary N) is 1. The van der Waals surface area contributed by atoms with E-state index in [0.29, 0.717) is 11.2 Å². The highest BCUT2D eigenvalue weighted by molar-refractivity contribution is 7.99. The average molecular weight is 265 g/mol. The molecule has 4 heteroatoms. The summed E-state index contributed by atoms with van der Waals surface area (Å²) in [5.74, 6) is 3.87. The molecule has 0 aromatic carbocycles. The Hall–Kier alpha value is -0.770. The number of thioether (sulfide) groups is 1. The van der Waals surface area contributed by atoms with Gasteiger partial charge >= 0.3 is 0 Å². The molecule has 1 aliphatic heterocycles. The molecule has 0 amide bonds. The van der Waals surface area contributed by atoms with E-state index in [0.717, 1.165) is 18.1 Å². The van der Waals surface area contributed by atoms with Crippen LogP contribution in [-0.2, 0) is 6.42 Å². The van der Waals surface area contributed by atoms with E-state index in [9.17, 15) is 0 Å². The highest BCUT2D eigenvalue weighted by atomic mass is 32.2. The molecule has 2 heterocycles. The van der Waals surface area contributed by atoms with E-state index in [-0.39, 0.29) is 0 Å². The standard InChI is InChI=1S/C14H23N3S/c1-10(2)8-11-9-13(15-3)17-14(16-11)12-6-4-5-7-18-12/h9-10,12H,4-8H2,1-3H3,(H,15,16,17). The fourth-order valence-electron chi connectivity index (χ4n) is 2.26. The Bertz CT molecular complexity index is 387. The van der Waals surface area contributed by atoms with Crippen LogP contribution in [0.15, 0.2) is 6.07 Å². The van der Waals surface area contributed by atoms with Crippen LogP contribution in [-0.4, -0.2) is 22.8 Å². The molecule has 3 nitrogen and oxygen atoms in total. The predicted octanol–water partition coefficient (Wildman–Crippen LogP) is 3.68. The second kappa shape index (κ2) is 6.41. The SMILES string of the molecule is CNc1cc(CC(C)C)nc(C2CCCCS2)n1. The van der Waals surface area contributed by atoms with Crippen molar-refractivity contribution in [3.63, 3.8) is 0 Å². The summed E-state index contributed by atoms with van der Waals surface area (Å²) in [4.78, 5) is 9.41. The van der Waals surface area contributed by atoms with E-state index in [1.54, 1.807) is 0 Å². The zero-order chi connectivity index (χ0) is 13.0. The maximum Gasteiger partial charge on any atom is 0.143 e. The van der Waals surface area contributed by atoms with E-state index in [1.807, 2.05) is 18.8 Å². The summed E-state index contributed by atoms with van der Waals surface area (Å²) >= 11 is 2.01. The number of hydrogen-bond donors (Lipinski definition) is 1. The summed E-state index contributed by atoms with van der Waals surface area (Å²) in [7, 11) is 1.93. The third-order valence-corrected chi connectivity index (χ3v) is 4.51. The van der Waals surface area contributed by atoms with Crippen molar-refractivity contribution in [1.29, 1.82) is 0 Å². The van der Waals surface area contributed by atoms with E-state index in [2.05, 4.69) is 30.2 Å². The fourth-order valence-corrected chi connectivity index (χ4v) is 3.50. The lowest BCUT2D eigenvalue weighted by molar-refractivity contribution is 0.620. The Balaban J connectivity index is 2.22. The van der Waals surface area contributed by atoms with Crippen LogP contribution in [0, 0.1) is 5.92 Å². The minimum absolute atomic E-state index is 0.498. The average Bonchev–Trinajstić information content (AvgIpc) is 2.38. The summed E-state index contributed by atoms with van der Waals surface area (Å²) in [5, 5.41) is 3.66. The van der Waals surface area contributed by atoms with Gasteiger partial charge in [-0.3, -0.25) is 0 Å². The summed E-state index contributed by atoms with van der Waals surface area (Å²) < 4.78 is 0. The van der Waals surface area contributed by atoms with E-state index < -0.39 is 0 Å². The van der Waals surface area contributed by atoms with Crippen molar-refractivity contribution < 1.29 is 0 Å². The minimum atomic E-state index is 0.498. The summed E-state index contributed by atoms with van der Waals surface area (Å²) in [6, 6.07) is 2.08. The second-order valence-corrected chi connectivity index (χ2v) is 6.62. The third kappa shape index (κ3) is 3.61. The molecule has 1 aromatic heterocycles. The fraction of sp³-hybridized carbons (Fsp3) is 0.714. The number of rotatable bonds is 4. The van der Waals surface area contributed by atoms with Crippen LogP contribution in [0.25, 0.3) is 0 Å². The molecule has 18 heavy (non-hydrogen) atoms. The molecule has 0 bridgehead atoms. The summed E-state index contributed by atoms with van der Waals surface area (Å²) in [6.07, 6.45) is 4.90. The van der Waals surface area contributed by atoms with Crippen LogP contribution in [0.3, 0.4) is 0 Å². The second-order valence-electron chi connectivity index (χ2n) is 5.31. The van der Waals surface area contributed by atoms with Gasteiger partial charge in [-0.1, -0.05) is 20.3 Å². The van der Waals surface area contributed by atoms with Crippen LogP contribution < -0.4 is 5.32 Å². The Labute approximate surface area is 114 Å². The van der Waals surface area contributed by atoms with Gasteiger partial charge in [-0.15, -0.1) is 0 Å². The zero-order valence-corrected chi connectivity index (χ0v) is 12.4. The molecule has 1 atom stereocenters. The van der Waals surface area contributed by atoms with Crippen LogP contribution in [0.2, 0.25) is 0 Å². The van der Waals surface area contributed by atoms with Gasteiger partial charge in [0.25, 0.3) is 0 Å². The van der Waals surface area contributed by atoms with E-state index in [1.165, 1.54) is 30.7 Å². The van der Waals surface area contributed by atoms with Crippen LogP contribution in [0.1, 0.15) is 49.9 Å². The number of hydrogen-bond acceptors (Lipinski definition) is 4. The van der Waals surface area contributed by atoms with Crippen LogP contribution in [0.4, 0.5) is 5.82 Å². The van der Waals surface area contributed by atoms with Crippen molar-refractivity contribution in [3.8, 4) is 0 Å². The molecule has 100 valence electrons. The van der Waals surface area contributed by atoms with Gasteiger partial charge in [0.15, 0.2) is 0 Å². The first kappa shape index (κ1) is 13.7. The lowest BCUT2D eigenvalue weighted by Gasteiger charge is -2.21. The molecule has 1 aliphatic rings. The van der Waals surface area contributed by atoms with Gasteiger partial charge in [0.2, 0.25) is 0 Å². The first-order chi connectivity index (χ1) is 8.69. The topological polar surface area (TPSA) is 37.8 Å². The lowest BCUT2D eigenvalue weighted by Crippen LogP contribution is -2.11. The highest BCUT2D eigenvalue weighted by Crippen LogP contribution is 2.37. The number of aromatic nitrogens is 2. The quantitative estimate of drug-likeness (QED) is 0.901. The normalized spacial score (nSPS) is 20.1. The lowest BCUT2D eigenvalue weighted by atomic mass is 10.1. The molecule has 2 rings (SSSR count). The maximum absolute atomic E-state index is 4.77. The van der Waals surface area contributed by atoms with Crippen LogP contribution in [0.5, 0.6) is 0 Å². The van der Waals surface area contributed by atoms with Gasteiger partial charge in [-0.25, -0.2) is 9.97 Å². The predicted molar refractivity (Wildman–Crippen MR) is 79.2 cm³/mol. The Morgan fingerprint density at radius 3 is 2.83 bits per heavy atom. The van der Waals surface area contributed by atoms with Crippen molar-refractivity contribution in [1.82, 2.24) is 9.97 Å². The Morgan fingerprint density at radius 1 is 1.39 bits per heavy atom. The molecule has 0 aliphatic carbocycles. The largest absolute Gasteiger partial charge is 0.373 e. The monoisotopic (exact) mass is 265 g/mol. The van der Waals surface area contributed by atoms with Crippen molar-refractivity contribution in [2.45, 2.75) is 44.8 Å². The van der Waals surface area contributed by atoms with Gasteiger partial charge < -0.3 is 5.32 Å². The van der Waals surface area contributed by atoms with Gasteiger partial charge in [-0.2, -0.15) is 11.8 Å². The van der Waals surface area contributed by atoms with E-state index in [4.69, 9.17) is 4.98 Å². The molecule has 1 N–H and O–H groups in total. The Kier molecular flexibility index (Phi) is 4.87. The van der Waals surface area contributed by atoms with Crippen molar-refractivity contribution in [2.24, 2.45) is 5.92 Å². The van der Waals surface area contributed by atoms with Crippen molar-refractivity contribution in [3.05, 3.63) is 17.6 Å². The minimum Gasteiger partial charge on any atom is -0.373 e. The first-order valence-corrected chi connectivity index (χ1v) is 7.91. The number of nitrogens with zero attached hydrogens (tertiary/aromatic N) is 2. The molecule has 0 saturated carbocycles. The van der Waals surface area contributed by atoms with Crippen LogP contribution >= 0.6 is 11.8 Å². The van der Waals surface area contributed by atoms with Crippen molar-refractivity contribution >= 4 is 17.6 Å². The molecule has 1 saturated heterocycles. The Morgan fingerprint density at radius 2 is 2.22 bits per heavy atom. The van der Waals surface area contributed by atoms with Gasteiger partial charge in [-0.05, 0) is 30.9 Å². The highest BCUT2D eigenvalue weighted by Gasteiger charge is 2.20. The van der Waals surface area contributed by atoms with Gasteiger partial charge in [0.05, 0.1) is 5.25 Å². The van der Waals surface area contributed by atoms with Gasteiger partial charge in [0.1, 0.15) is 11.6 Å².